The molecule has 0 heterocycles. The second-order valence-corrected chi connectivity index (χ2v) is 8.63. The molecule has 1 N–H and O–H groups in total. The Kier molecular flexibility index (Phi) is 13.0. The summed E-state index contributed by atoms with van der Waals surface area (Å²) >= 11 is 0. The Morgan fingerprint density at radius 1 is 1.08 bits per heavy atom. The van der Waals surface area contributed by atoms with Crippen molar-refractivity contribution in [3.63, 3.8) is 0 Å². The van der Waals surface area contributed by atoms with Crippen molar-refractivity contribution in [1.82, 2.24) is 0 Å². The molecule has 0 unspecified atom stereocenters. The molecule has 2 aromatic carbocycles. The van der Waals surface area contributed by atoms with Crippen LogP contribution in [0.4, 0.5) is 0 Å². The Morgan fingerprint density at radius 3 is 1.88 bits per heavy atom. The molecule has 2 aromatic rings. The molecule has 142 valence electrons. The van der Waals surface area contributed by atoms with E-state index in [1.54, 1.807) is 11.1 Å². The molecule has 0 saturated heterocycles. The quantitative estimate of drug-likeness (QED) is 0.381. The van der Waals surface area contributed by atoms with Crippen molar-refractivity contribution in [1.29, 1.82) is 0 Å². The van der Waals surface area contributed by atoms with Crippen LogP contribution < -0.4 is 0 Å². The third-order valence-corrected chi connectivity index (χ3v) is 3.51. The summed E-state index contributed by atoms with van der Waals surface area (Å²) in [5, 5.41) is 2.84. The molecule has 0 fully saturated rings. The van der Waals surface area contributed by atoms with Crippen molar-refractivity contribution in [2.45, 2.75) is 73.8 Å². The van der Waals surface area contributed by atoms with Crippen LogP contribution in [0.1, 0.15) is 65.2 Å². The number of rotatable bonds is 0. The topological polar surface area (TPSA) is 23.8 Å². The van der Waals surface area contributed by atoms with Crippen molar-refractivity contribution < 1.29 is 21.7 Å². The normalized spacial score (nSPS) is 13.7. The number of hydrogen-bond acceptors (Lipinski definition) is 0. The van der Waals surface area contributed by atoms with Crippen LogP contribution in [0.15, 0.2) is 24.3 Å². The minimum Gasteiger partial charge on any atom is -0.673 e. The Labute approximate surface area is 180 Å². The van der Waals surface area contributed by atoms with Gasteiger partial charge in [0, 0.05) is 0 Å². The maximum atomic E-state index is 6.94. The first-order valence-corrected chi connectivity index (χ1v) is 9.85. The van der Waals surface area contributed by atoms with Crippen LogP contribution >= 0.6 is 0 Å². The van der Waals surface area contributed by atoms with Gasteiger partial charge in [0.1, 0.15) is 0 Å². The summed E-state index contributed by atoms with van der Waals surface area (Å²) in [6.45, 7) is 16.5. The van der Waals surface area contributed by atoms with Gasteiger partial charge in [-0.05, 0) is 18.3 Å². The molecule has 0 spiro atoms. The van der Waals surface area contributed by atoms with Crippen molar-refractivity contribution >= 4 is 26.8 Å². The van der Waals surface area contributed by atoms with Crippen molar-refractivity contribution in [3.05, 3.63) is 53.1 Å². The first-order chi connectivity index (χ1) is 11.4. The smallest absolute Gasteiger partial charge is 0.673 e. The molecule has 0 atom stereocenters. The molecule has 0 bridgehead atoms. The Bertz CT molecular complexity index is 599. The number of aryl methyl sites for hydroxylation is 1. The van der Waals surface area contributed by atoms with Crippen LogP contribution in [-0.2, 0) is 34.6 Å². The molecule has 0 radical (unpaired) electrons. The van der Waals surface area contributed by atoms with E-state index in [2.05, 4.69) is 51.2 Å². The second-order valence-electron chi connectivity index (χ2n) is 8.63. The third-order valence-electron chi connectivity index (χ3n) is 3.51. The van der Waals surface area contributed by atoms with Gasteiger partial charge in [0.2, 0.25) is 0 Å². The zero-order valence-electron chi connectivity index (χ0n) is 18.1. The van der Waals surface area contributed by atoms with Crippen LogP contribution in [0, 0.1) is 18.8 Å². The monoisotopic (exact) mass is 403 g/mol. The van der Waals surface area contributed by atoms with Crippen LogP contribution in [-0.4, -0.2) is 21.6 Å². The predicted octanol–water partition coefficient (Wildman–Crippen LogP) is 5.99. The molecule has 3 heteroatoms. The molecular formula is C23H37NSiTi. The molecule has 1 aliphatic rings. The molecule has 26 heavy (non-hydrogen) atoms. The van der Waals surface area contributed by atoms with Crippen molar-refractivity contribution in [2.24, 2.45) is 5.41 Å². The fraction of sp³-hybridized carbons (Fsp3) is 0.522. The van der Waals surface area contributed by atoms with E-state index in [4.69, 9.17) is 5.73 Å². The fourth-order valence-electron chi connectivity index (χ4n) is 2.93. The first-order valence-electron chi connectivity index (χ1n) is 9.04. The van der Waals surface area contributed by atoms with Gasteiger partial charge < -0.3 is 18.3 Å². The third kappa shape index (κ3) is 10.7. The van der Waals surface area contributed by atoms with Gasteiger partial charge >= 0.3 is 21.7 Å². The Hall–Kier alpha value is -0.409. The van der Waals surface area contributed by atoms with E-state index in [1.807, 2.05) is 41.0 Å². The Morgan fingerprint density at radius 2 is 1.46 bits per heavy atom. The molecule has 0 amide bonds. The zero-order valence-corrected chi connectivity index (χ0v) is 21.1. The number of hydrogen-bond donors (Lipinski definition) is 0. The fourth-order valence-corrected chi connectivity index (χ4v) is 2.93. The van der Waals surface area contributed by atoms with Gasteiger partial charge in [0.25, 0.3) is 0 Å². The van der Waals surface area contributed by atoms with E-state index >= 15 is 0 Å². The van der Waals surface area contributed by atoms with E-state index in [0.29, 0.717) is 5.41 Å². The van der Waals surface area contributed by atoms with Gasteiger partial charge in [-0.3, -0.25) is 0 Å². The van der Waals surface area contributed by atoms with Crippen LogP contribution in [0.5, 0.6) is 0 Å². The molecule has 1 nitrogen and oxygen atoms in total. The SMILES string of the molecule is CC(C)(C)[NH-].C[CH-]C.Cc1cc2cc3c(cc2[cH-]1)CC(C)(C)C3.[CH-]=[SiH2].[Ti+4]. The molecule has 0 aromatic heterocycles. The number of benzene rings is 1. The molecule has 0 aliphatic heterocycles. The summed E-state index contributed by atoms with van der Waals surface area (Å²) in [5.41, 5.74) is 11.7. The van der Waals surface area contributed by atoms with Gasteiger partial charge in [-0.1, -0.05) is 52.7 Å². The largest absolute Gasteiger partial charge is 4.00 e. The molecule has 1 aliphatic carbocycles. The summed E-state index contributed by atoms with van der Waals surface area (Å²) in [6.07, 6.45) is 9.00. The summed E-state index contributed by atoms with van der Waals surface area (Å²) in [5.74, 6) is 0. The summed E-state index contributed by atoms with van der Waals surface area (Å²) in [6, 6.07) is 9.38. The first kappa shape index (κ1) is 27.8. The van der Waals surface area contributed by atoms with Gasteiger partial charge in [0.15, 0.2) is 0 Å². The standard InChI is InChI=1S/C15H17.C4H10N.C3H7.CH3Si.Ti/c1-10-4-11-6-13-8-15(2,3)9-14(13)7-12(11)5-10;1-4(2,3)5;1-3-2;1-2;/h4-7H,8-9H2,1-3H3;5H,1-3H3;3H,1-2H3;1H,2H2;/q4*-1;+4. The maximum absolute atomic E-state index is 6.94. The van der Waals surface area contributed by atoms with E-state index in [1.165, 1.54) is 39.0 Å². The summed E-state index contributed by atoms with van der Waals surface area (Å²) < 4.78 is 0. The number of nitrogens with one attached hydrogen (secondary N) is 1. The predicted molar refractivity (Wildman–Crippen MR) is 120 cm³/mol. The average Bonchev–Trinajstić information content (AvgIpc) is 2.92. The molecule has 3 rings (SSSR count). The van der Waals surface area contributed by atoms with Gasteiger partial charge in [-0.25, -0.2) is 9.85 Å². The molecule has 0 saturated carbocycles. The van der Waals surface area contributed by atoms with Gasteiger partial charge in [-0.2, -0.15) is 19.9 Å². The van der Waals surface area contributed by atoms with E-state index in [-0.39, 0.29) is 27.3 Å². The maximum Gasteiger partial charge on any atom is 4.00 e. The van der Waals surface area contributed by atoms with Gasteiger partial charge in [-0.15, -0.1) is 40.1 Å². The van der Waals surface area contributed by atoms with E-state index < -0.39 is 0 Å². The average molecular weight is 404 g/mol. The van der Waals surface area contributed by atoms with Crippen LogP contribution in [0.25, 0.3) is 16.5 Å². The van der Waals surface area contributed by atoms with Crippen LogP contribution in [0.3, 0.4) is 0 Å². The van der Waals surface area contributed by atoms with E-state index in [0.717, 1.165) is 0 Å². The van der Waals surface area contributed by atoms with Gasteiger partial charge in [0.05, 0.1) is 0 Å². The van der Waals surface area contributed by atoms with E-state index in [9.17, 15) is 0 Å². The zero-order chi connectivity index (χ0) is 19.8. The van der Waals surface area contributed by atoms with Crippen molar-refractivity contribution in [2.75, 3.05) is 0 Å². The van der Waals surface area contributed by atoms with Crippen LogP contribution in [0.2, 0.25) is 0 Å². The number of fused-ring (bicyclic) bond motifs is 2. The van der Waals surface area contributed by atoms with Crippen molar-refractivity contribution in [3.8, 4) is 0 Å². The summed E-state index contributed by atoms with van der Waals surface area (Å²) in [4.78, 5) is 0. The minimum absolute atomic E-state index is 0. The minimum atomic E-state index is -0.250. The second kappa shape index (κ2) is 12.1. The molecular weight excluding hydrogens is 366 g/mol. The Balaban J connectivity index is 0. The summed E-state index contributed by atoms with van der Waals surface area (Å²) in [7, 11) is 1.36.